The van der Waals surface area contributed by atoms with E-state index in [0.29, 0.717) is 44.8 Å². The first-order chi connectivity index (χ1) is 17.6. The molecule has 2 aromatic carbocycles. The van der Waals surface area contributed by atoms with Crippen molar-refractivity contribution in [3.05, 3.63) is 71.8 Å². The Morgan fingerprint density at radius 1 is 0.972 bits per heavy atom. The molecule has 2 amide bonds. The third kappa shape index (κ3) is 4.92. The average molecular weight is 491 g/mol. The third-order valence-electron chi connectivity index (χ3n) is 6.93. The number of piperidine rings is 1. The molecule has 2 aliphatic rings. The van der Waals surface area contributed by atoms with Gasteiger partial charge in [-0.15, -0.1) is 0 Å². The van der Waals surface area contributed by atoms with Gasteiger partial charge in [-0.25, -0.2) is 4.98 Å². The summed E-state index contributed by atoms with van der Waals surface area (Å²) >= 11 is 0. The minimum absolute atomic E-state index is 0.0235. The SMILES string of the molecule is COc1ccc(NC(=O)C2CCN(C(=O)c3ncn4c3CO[C@H](c3ccc(OC)cc3)C4)CC2)cc1. The normalized spacial score (nSPS) is 17.8. The fraction of sp³-hybridized carbons (Fsp3) is 0.370. The van der Waals surface area contributed by atoms with E-state index in [1.165, 1.54) is 0 Å². The molecule has 1 aromatic heterocycles. The summed E-state index contributed by atoms with van der Waals surface area (Å²) in [5.74, 6) is 1.27. The molecule has 0 unspecified atom stereocenters. The predicted octanol–water partition coefficient (Wildman–Crippen LogP) is 3.66. The molecule has 1 atom stereocenters. The topological polar surface area (TPSA) is 94.9 Å². The van der Waals surface area contributed by atoms with Crippen molar-refractivity contribution in [1.29, 1.82) is 0 Å². The van der Waals surface area contributed by atoms with Gasteiger partial charge in [0.2, 0.25) is 5.91 Å². The average Bonchev–Trinajstić information content (AvgIpc) is 3.36. The zero-order valence-corrected chi connectivity index (χ0v) is 20.5. The first-order valence-electron chi connectivity index (χ1n) is 12.1. The van der Waals surface area contributed by atoms with Crippen LogP contribution >= 0.6 is 0 Å². The van der Waals surface area contributed by atoms with Gasteiger partial charge < -0.3 is 29.0 Å². The molecule has 5 rings (SSSR count). The minimum atomic E-state index is -0.138. The van der Waals surface area contributed by atoms with Gasteiger partial charge in [0.1, 0.15) is 17.6 Å². The molecule has 0 bridgehead atoms. The standard InChI is InChI=1S/C27H30N4O5/c1-34-21-7-3-18(4-8-21)24-15-31-17-28-25(23(31)16-36-24)27(33)30-13-11-19(12-14-30)26(32)29-20-5-9-22(35-2)10-6-20/h3-10,17,19,24H,11-16H2,1-2H3,(H,29,32)/t24-/m0/s1. The molecule has 0 radical (unpaired) electrons. The van der Waals surface area contributed by atoms with Crippen LogP contribution in [0.4, 0.5) is 5.69 Å². The molecule has 0 saturated carbocycles. The Kier molecular flexibility index (Phi) is 6.90. The van der Waals surface area contributed by atoms with Crippen LogP contribution in [0.25, 0.3) is 0 Å². The number of benzene rings is 2. The van der Waals surface area contributed by atoms with Crippen molar-refractivity contribution in [2.24, 2.45) is 5.92 Å². The molecule has 9 heteroatoms. The van der Waals surface area contributed by atoms with E-state index in [-0.39, 0.29) is 23.8 Å². The monoisotopic (exact) mass is 490 g/mol. The van der Waals surface area contributed by atoms with Crippen molar-refractivity contribution in [3.63, 3.8) is 0 Å². The number of nitrogens with one attached hydrogen (secondary N) is 1. The fourth-order valence-corrected chi connectivity index (χ4v) is 4.74. The van der Waals surface area contributed by atoms with Crippen LogP contribution in [-0.2, 0) is 22.7 Å². The van der Waals surface area contributed by atoms with Crippen LogP contribution < -0.4 is 14.8 Å². The molecule has 188 valence electrons. The number of methoxy groups -OCH3 is 2. The van der Waals surface area contributed by atoms with E-state index in [2.05, 4.69) is 10.3 Å². The lowest BCUT2D eigenvalue weighted by atomic mass is 9.95. The highest BCUT2D eigenvalue weighted by Crippen LogP contribution is 2.30. The summed E-state index contributed by atoms with van der Waals surface area (Å²) < 4.78 is 18.5. The van der Waals surface area contributed by atoms with Gasteiger partial charge in [0.25, 0.3) is 5.91 Å². The summed E-state index contributed by atoms with van der Waals surface area (Å²) in [6, 6.07) is 15.1. The van der Waals surface area contributed by atoms with Crippen LogP contribution in [0, 0.1) is 5.92 Å². The van der Waals surface area contributed by atoms with Crippen LogP contribution in [0.1, 0.15) is 40.7 Å². The van der Waals surface area contributed by atoms with Gasteiger partial charge in [0, 0.05) is 24.7 Å². The van der Waals surface area contributed by atoms with Gasteiger partial charge in [-0.1, -0.05) is 12.1 Å². The van der Waals surface area contributed by atoms with Gasteiger partial charge in [0.05, 0.1) is 39.4 Å². The summed E-state index contributed by atoms with van der Waals surface area (Å²) in [5, 5.41) is 2.96. The number of imidazole rings is 1. The summed E-state index contributed by atoms with van der Waals surface area (Å²) in [7, 11) is 3.25. The van der Waals surface area contributed by atoms with Crippen molar-refractivity contribution in [2.45, 2.75) is 32.1 Å². The molecule has 1 fully saturated rings. The fourth-order valence-electron chi connectivity index (χ4n) is 4.74. The first kappa shape index (κ1) is 23.9. The van der Waals surface area contributed by atoms with Crippen molar-refractivity contribution in [3.8, 4) is 11.5 Å². The molecule has 0 spiro atoms. The Morgan fingerprint density at radius 3 is 2.25 bits per heavy atom. The number of aromatic nitrogens is 2. The number of hydrogen-bond acceptors (Lipinski definition) is 6. The number of amides is 2. The van der Waals surface area contributed by atoms with E-state index in [1.54, 1.807) is 25.4 Å². The largest absolute Gasteiger partial charge is 0.497 e. The Labute approximate surface area is 210 Å². The Bertz CT molecular complexity index is 1210. The summed E-state index contributed by atoms with van der Waals surface area (Å²) in [4.78, 5) is 32.2. The van der Waals surface area contributed by atoms with E-state index >= 15 is 0 Å². The molecule has 3 aromatic rings. The zero-order valence-electron chi connectivity index (χ0n) is 20.5. The maximum atomic E-state index is 13.3. The minimum Gasteiger partial charge on any atom is -0.497 e. The molecule has 2 aliphatic heterocycles. The quantitative estimate of drug-likeness (QED) is 0.567. The van der Waals surface area contributed by atoms with Crippen molar-refractivity contribution in [1.82, 2.24) is 14.5 Å². The lowest BCUT2D eigenvalue weighted by Gasteiger charge is -2.31. The second-order valence-corrected chi connectivity index (χ2v) is 9.05. The van der Waals surface area contributed by atoms with Crippen molar-refractivity contribution in [2.75, 3.05) is 32.6 Å². The van der Waals surface area contributed by atoms with Crippen LogP contribution in [0.3, 0.4) is 0 Å². The number of carbonyl (C=O) groups is 2. The van der Waals surface area contributed by atoms with Gasteiger partial charge in [0.15, 0.2) is 5.69 Å². The van der Waals surface area contributed by atoms with Crippen molar-refractivity contribution >= 4 is 17.5 Å². The van der Waals surface area contributed by atoms with Crippen LogP contribution in [-0.4, -0.2) is 53.6 Å². The second-order valence-electron chi connectivity index (χ2n) is 9.05. The summed E-state index contributed by atoms with van der Waals surface area (Å²) in [6.45, 7) is 1.94. The van der Waals surface area contributed by atoms with E-state index < -0.39 is 0 Å². The van der Waals surface area contributed by atoms with E-state index in [0.717, 1.165) is 28.4 Å². The molecule has 36 heavy (non-hydrogen) atoms. The Morgan fingerprint density at radius 2 is 1.61 bits per heavy atom. The number of rotatable bonds is 6. The third-order valence-corrected chi connectivity index (χ3v) is 6.93. The molecule has 9 nitrogen and oxygen atoms in total. The number of carbonyl (C=O) groups excluding carboxylic acids is 2. The highest BCUT2D eigenvalue weighted by atomic mass is 16.5. The highest BCUT2D eigenvalue weighted by molar-refractivity contribution is 5.95. The Balaban J connectivity index is 1.17. The highest BCUT2D eigenvalue weighted by Gasteiger charge is 2.32. The summed E-state index contributed by atoms with van der Waals surface area (Å²) in [6.07, 6.45) is 2.83. The zero-order chi connectivity index (χ0) is 25.1. The number of likely N-dealkylation sites (tertiary alicyclic amines) is 1. The van der Waals surface area contributed by atoms with Crippen molar-refractivity contribution < 1.29 is 23.8 Å². The maximum absolute atomic E-state index is 13.3. The van der Waals surface area contributed by atoms with Gasteiger partial charge in [-0.2, -0.15) is 0 Å². The molecular weight excluding hydrogens is 460 g/mol. The van der Waals surface area contributed by atoms with E-state index in [1.807, 2.05) is 53.1 Å². The Hall–Kier alpha value is -3.85. The van der Waals surface area contributed by atoms with Gasteiger partial charge in [-0.3, -0.25) is 9.59 Å². The molecule has 0 aliphatic carbocycles. The van der Waals surface area contributed by atoms with Gasteiger partial charge in [-0.05, 0) is 54.8 Å². The number of fused-ring (bicyclic) bond motifs is 1. The van der Waals surface area contributed by atoms with Crippen LogP contribution in [0.5, 0.6) is 11.5 Å². The number of anilines is 1. The summed E-state index contributed by atoms with van der Waals surface area (Å²) in [5.41, 5.74) is 3.02. The van der Waals surface area contributed by atoms with E-state index in [4.69, 9.17) is 14.2 Å². The molecule has 1 saturated heterocycles. The predicted molar refractivity (Wildman–Crippen MR) is 133 cm³/mol. The first-order valence-corrected chi connectivity index (χ1v) is 12.1. The van der Waals surface area contributed by atoms with Gasteiger partial charge >= 0.3 is 0 Å². The second kappa shape index (κ2) is 10.4. The lowest BCUT2D eigenvalue weighted by Crippen LogP contribution is -2.42. The number of ether oxygens (including phenoxy) is 3. The molecule has 1 N–H and O–H groups in total. The van der Waals surface area contributed by atoms with Crippen LogP contribution in [0.2, 0.25) is 0 Å². The van der Waals surface area contributed by atoms with Crippen LogP contribution in [0.15, 0.2) is 54.9 Å². The number of nitrogens with zero attached hydrogens (tertiary/aromatic N) is 3. The number of hydrogen-bond donors (Lipinski definition) is 1. The smallest absolute Gasteiger partial charge is 0.274 e. The van der Waals surface area contributed by atoms with E-state index in [9.17, 15) is 9.59 Å². The maximum Gasteiger partial charge on any atom is 0.274 e. The molecule has 3 heterocycles. The molecular formula is C27H30N4O5. The lowest BCUT2D eigenvalue weighted by molar-refractivity contribution is -0.121.